The molecule has 1 aromatic carbocycles. The van der Waals surface area contributed by atoms with Gasteiger partial charge in [-0.3, -0.25) is 4.79 Å². The van der Waals surface area contributed by atoms with Crippen LogP contribution in [0.5, 0.6) is 0 Å². The number of alkyl carbamates (subject to hydrolysis) is 1. The van der Waals surface area contributed by atoms with E-state index in [9.17, 15) is 9.59 Å². The highest BCUT2D eigenvalue weighted by Gasteiger charge is 2.27. The first kappa shape index (κ1) is 24.5. The van der Waals surface area contributed by atoms with Gasteiger partial charge in [-0.15, -0.1) is 0 Å². The molecule has 1 aromatic rings. The second-order valence-corrected chi connectivity index (χ2v) is 8.74. The standard InChI is InChI=1S/C23H37N5O3/c1-6-8-20(29)26-18-11-9-17(10-12-18)15-25-21(24-7-2)28-14-13-19(16-28)27-22(30)31-23(3,4)5/h9-12,19H,6-8,13-16H2,1-5H3,(H,24,25)(H,26,29)(H,27,30). The predicted molar refractivity (Wildman–Crippen MR) is 124 cm³/mol. The maximum absolute atomic E-state index is 12.0. The molecule has 8 nitrogen and oxygen atoms in total. The molecule has 172 valence electrons. The minimum Gasteiger partial charge on any atom is -0.444 e. The van der Waals surface area contributed by atoms with Gasteiger partial charge in [-0.2, -0.15) is 0 Å². The van der Waals surface area contributed by atoms with E-state index in [1.165, 1.54) is 0 Å². The van der Waals surface area contributed by atoms with Gasteiger partial charge in [0, 0.05) is 31.7 Å². The van der Waals surface area contributed by atoms with Crippen molar-refractivity contribution in [1.82, 2.24) is 15.5 Å². The molecule has 0 bridgehead atoms. The summed E-state index contributed by atoms with van der Waals surface area (Å²) in [6.45, 7) is 12.4. The molecule has 3 N–H and O–H groups in total. The molecule has 1 aliphatic rings. The van der Waals surface area contributed by atoms with E-state index in [4.69, 9.17) is 9.73 Å². The first-order valence-corrected chi connectivity index (χ1v) is 11.1. The second-order valence-electron chi connectivity index (χ2n) is 8.74. The van der Waals surface area contributed by atoms with Crippen LogP contribution in [0.1, 0.15) is 59.4 Å². The summed E-state index contributed by atoms with van der Waals surface area (Å²) >= 11 is 0. The maximum Gasteiger partial charge on any atom is 0.407 e. The number of ether oxygens (including phenoxy) is 1. The van der Waals surface area contributed by atoms with Crippen molar-refractivity contribution in [2.75, 3.05) is 25.0 Å². The number of carbonyl (C=O) groups excluding carboxylic acids is 2. The second kappa shape index (κ2) is 11.6. The van der Waals surface area contributed by atoms with Crippen molar-refractivity contribution in [1.29, 1.82) is 0 Å². The highest BCUT2D eigenvalue weighted by Crippen LogP contribution is 2.14. The Morgan fingerprint density at radius 1 is 1.19 bits per heavy atom. The van der Waals surface area contributed by atoms with Gasteiger partial charge in [0.05, 0.1) is 12.6 Å². The molecule has 8 heteroatoms. The number of nitrogens with zero attached hydrogens (tertiary/aromatic N) is 2. The third-order valence-corrected chi connectivity index (χ3v) is 4.67. The van der Waals surface area contributed by atoms with E-state index >= 15 is 0 Å². The molecule has 1 fully saturated rings. The third kappa shape index (κ3) is 8.86. The number of benzene rings is 1. The summed E-state index contributed by atoms with van der Waals surface area (Å²) in [5.74, 6) is 0.864. The Hall–Kier alpha value is -2.77. The summed E-state index contributed by atoms with van der Waals surface area (Å²) in [6, 6.07) is 7.80. The van der Waals surface area contributed by atoms with E-state index in [0.717, 1.165) is 43.1 Å². The largest absolute Gasteiger partial charge is 0.444 e. The Balaban J connectivity index is 1.91. The topological polar surface area (TPSA) is 95.1 Å². The predicted octanol–water partition coefficient (Wildman–Crippen LogP) is 3.49. The number of guanidine groups is 1. The fourth-order valence-electron chi connectivity index (χ4n) is 3.28. The van der Waals surface area contributed by atoms with Crippen LogP contribution < -0.4 is 16.0 Å². The van der Waals surface area contributed by atoms with Gasteiger partial charge in [0.15, 0.2) is 5.96 Å². The Labute approximate surface area is 185 Å². The Kier molecular flexibility index (Phi) is 9.15. The van der Waals surface area contributed by atoms with Crippen LogP contribution in [0.4, 0.5) is 10.5 Å². The van der Waals surface area contributed by atoms with Gasteiger partial charge >= 0.3 is 6.09 Å². The number of amides is 2. The Bertz CT molecular complexity index is 755. The van der Waals surface area contributed by atoms with Gasteiger partial charge in [0.25, 0.3) is 0 Å². The fourth-order valence-corrected chi connectivity index (χ4v) is 3.28. The summed E-state index contributed by atoms with van der Waals surface area (Å²) in [5.41, 5.74) is 1.35. The highest BCUT2D eigenvalue weighted by molar-refractivity contribution is 5.90. The normalized spacial score (nSPS) is 16.7. The molecule has 0 radical (unpaired) electrons. The smallest absolute Gasteiger partial charge is 0.407 e. The van der Waals surface area contributed by atoms with Gasteiger partial charge in [-0.1, -0.05) is 19.1 Å². The molecule has 0 saturated carbocycles. The van der Waals surface area contributed by atoms with Crippen LogP contribution >= 0.6 is 0 Å². The molecule has 1 aliphatic heterocycles. The number of carbonyl (C=O) groups is 2. The van der Waals surface area contributed by atoms with Gasteiger partial charge in [0.2, 0.25) is 5.91 Å². The van der Waals surface area contributed by atoms with E-state index in [2.05, 4.69) is 20.9 Å². The van der Waals surface area contributed by atoms with Crippen molar-refractivity contribution in [3.63, 3.8) is 0 Å². The molecule has 1 unspecified atom stereocenters. The van der Waals surface area contributed by atoms with Crippen molar-refractivity contribution in [2.24, 2.45) is 4.99 Å². The minimum absolute atomic E-state index is 0.0321. The van der Waals surface area contributed by atoms with Crippen LogP contribution in [-0.4, -0.2) is 54.1 Å². The minimum atomic E-state index is -0.507. The monoisotopic (exact) mass is 431 g/mol. The van der Waals surface area contributed by atoms with Crippen LogP contribution in [0.2, 0.25) is 0 Å². The maximum atomic E-state index is 12.0. The van der Waals surface area contributed by atoms with Crippen molar-refractivity contribution in [3.8, 4) is 0 Å². The lowest BCUT2D eigenvalue weighted by molar-refractivity contribution is -0.116. The number of hydrogen-bond acceptors (Lipinski definition) is 4. The Morgan fingerprint density at radius 3 is 2.52 bits per heavy atom. The van der Waals surface area contributed by atoms with Crippen molar-refractivity contribution < 1.29 is 14.3 Å². The number of hydrogen-bond donors (Lipinski definition) is 3. The van der Waals surface area contributed by atoms with Gasteiger partial charge in [-0.25, -0.2) is 9.79 Å². The lowest BCUT2D eigenvalue weighted by atomic mass is 10.2. The van der Waals surface area contributed by atoms with Crippen molar-refractivity contribution in [3.05, 3.63) is 29.8 Å². The summed E-state index contributed by atoms with van der Waals surface area (Å²) in [5, 5.41) is 9.17. The highest BCUT2D eigenvalue weighted by atomic mass is 16.6. The zero-order chi connectivity index (χ0) is 22.9. The van der Waals surface area contributed by atoms with Gasteiger partial charge in [0.1, 0.15) is 5.60 Å². The molecule has 0 aliphatic carbocycles. The molecule has 0 spiro atoms. The fraction of sp³-hybridized carbons (Fsp3) is 0.609. The lowest BCUT2D eigenvalue weighted by Crippen LogP contribution is -2.44. The van der Waals surface area contributed by atoms with Crippen molar-refractivity contribution >= 4 is 23.6 Å². The average Bonchev–Trinajstić information content (AvgIpc) is 3.13. The first-order valence-electron chi connectivity index (χ1n) is 11.1. The zero-order valence-electron chi connectivity index (χ0n) is 19.5. The third-order valence-electron chi connectivity index (χ3n) is 4.67. The molecule has 1 heterocycles. The summed E-state index contributed by atoms with van der Waals surface area (Å²) in [4.78, 5) is 30.7. The van der Waals surface area contributed by atoms with E-state index in [1.54, 1.807) is 0 Å². The quantitative estimate of drug-likeness (QED) is 0.454. The van der Waals surface area contributed by atoms with E-state index in [1.807, 2.05) is 58.9 Å². The first-order chi connectivity index (χ1) is 14.7. The van der Waals surface area contributed by atoms with Crippen LogP contribution in [0, 0.1) is 0 Å². The number of rotatable bonds is 7. The Morgan fingerprint density at radius 2 is 1.90 bits per heavy atom. The molecule has 1 saturated heterocycles. The van der Waals surface area contributed by atoms with E-state index in [0.29, 0.717) is 19.5 Å². The summed E-state index contributed by atoms with van der Waals surface area (Å²) in [7, 11) is 0. The zero-order valence-corrected chi connectivity index (χ0v) is 19.5. The average molecular weight is 432 g/mol. The number of nitrogens with one attached hydrogen (secondary N) is 3. The molecule has 0 aromatic heterocycles. The molecular formula is C23H37N5O3. The van der Waals surface area contributed by atoms with Crippen LogP contribution in [0.3, 0.4) is 0 Å². The molecular weight excluding hydrogens is 394 g/mol. The molecule has 1 atom stereocenters. The van der Waals surface area contributed by atoms with Gasteiger partial charge in [-0.05, 0) is 58.2 Å². The molecule has 31 heavy (non-hydrogen) atoms. The lowest BCUT2D eigenvalue weighted by Gasteiger charge is -2.23. The molecule has 2 amide bonds. The summed E-state index contributed by atoms with van der Waals surface area (Å²) in [6.07, 6.45) is 1.82. The number of likely N-dealkylation sites (tertiary alicyclic amines) is 1. The van der Waals surface area contributed by atoms with Crippen molar-refractivity contribution in [2.45, 2.75) is 72.1 Å². The number of aliphatic imine (C=N–C) groups is 1. The summed E-state index contributed by atoms with van der Waals surface area (Å²) < 4.78 is 5.35. The molecule has 2 rings (SSSR count). The van der Waals surface area contributed by atoms with Crippen LogP contribution in [0.25, 0.3) is 0 Å². The van der Waals surface area contributed by atoms with Gasteiger partial charge < -0.3 is 25.6 Å². The number of anilines is 1. The van der Waals surface area contributed by atoms with E-state index < -0.39 is 5.60 Å². The SMILES string of the molecule is CCCC(=O)Nc1ccc(CN=C(NCC)N2CCC(NC(=O)OC(C)(C)C)C2)cc1. The van der Waals surface area contributed by atoms with E-state index in [-0.39, 0.29) is 18.0 Å². The van der Waals surface area contributed by atoms with Crippen LogP contribution in [-0.2, 0) is 16.1 Å². The van der Waals surface area contributed by atoms with Crippen LogP contribution in [0.15, 0.2) is 29.3 Å².